The summed E-state index contributed by atoms with van der Waals surface area (Å²) >= 11 is 0. The first-order valence-electron chi connectivity index (χ1n) is 25.8. The predicted molar refractivity (Wildman–Crippen MR) is 261 cm³/mol. The lowest BCUT2D eigenvalue weighted by molar-refractivity contribution is -0.167. The smallest absolute Gasteiger partial charge is 0.306 e. The average Bonchev–Trinajstić information content (AvgIpc) is 3.26. The van der Waals surface area contributed by atoms with Crippen LogP contribution in [0.1, 0.15) is 252 Å². The molecular weight excluding hydrogens is 757 g/mol. The van der Waals surface area contributed by atoms with Crippen LogP contribution in [0.4, 0.5) is 0 Å². The minimum absolute atomic E-state index is 0.101. The van der Waals surface area contributed by atoms with Crippen molar-refractivity contribution in [1.29, 1.82) is 0 Å². The van der Waals surface area contributed by atoms with Gasteiger partial charge in [-0.25, -0.2) is 0 Å². The molecule has 61 heavy (non-hydrogen) atoms. The highest BCUT2D eigenvalue weighted by Gasteiger charge is 2.19. The van der Waals surface area contributed by atoms with Gasteiger partial charge in [-0.15, -0.1) is 0 Å². The molecule has 0 bridgehead atoms. The van der Waals surface area contributed by atoms with Crippen LogP contribution < -0.4 is 0 Å². The van der Waals surface area contributed by atoms with Crippen molar-refractivity contribution < 1.29 is 28.6 Å². The third-order valence-electron chi connectivity index (χ3n) is 11.0. The van der Waals surface area contributed by atoms with Crippen LogP contribution in [0.25, 0.3) is 0 Å². The van der Waals surface area contributed by atoms with Gasteiger partial charge in [0.25, 0.3) is 0 Å². The van der Waals surface area contributed by atoms with E-state index in [-0.39, 0.29) is 37.5 Å². The monoisotopic (exact) mass is 853 g/mol. The first-order chi connectivity index (χ1) is 30.0. The van der Waals surface area contributed by atoms with Crippen LogP contribution in [-0.4, -0.2) is 37.2 Å². The Bertz CT molecular complexity index is 1120. The summed E-state index contributed by atoms with van der Waals surface area (Å²) in [5.41, 5.74) is 0. The molecule has 0 aromatic carbocycles. The van der Waals surface area contributed by atoms with Gasteiger partial charge < -0.3 is 14.2 Å². The Kier molecular flexibility index (Phi) is 47.4. The Morgan fingerprint density at radius 1 is 0.328 bits per heavy atom. The quantitative estimate of drug-likeness (QED) is 0.0263. The average molecular weight is 853 g/mol. The van der Waals surface area contributed by atoms with Crippen molar-refractivity contribution in [2.75, 3.05) is 13.2 Å². The van der Waals surface area contributed by atoms with E-state index in [0.29, 0.717) is 19.3 Å². The number of rotatable bonds is 46. The second kappa shape index (κ2) is 49.8. The fourth-order valence-corrected chi connectivity index (χ4v) is 7.02. The van der Waals surface area contributed by atoms with Gasteiger partial charge in [0.15, 0.2) is 6.10 Å². The zero-order valence-corrected chi connectivity index (χ0v) is 40.2. The van der Waals surface area contributed by atoms with Gasteiger partial charge in [-0.2, -0.15) is 0 Å². The predicted octanol–water partition coefficient (Wildman–Crippen LogP) is 16.9. The number of carbonyl (C=O) groups is 3. The molecule has 352 valence electrons. The topological polar surface area (TPSA) is 78.9 Å². The summed E-state index contributed by atoms with van der Waals surface area (Å²) in [5.74, 6) is -0.969. The summed E-state index contributed by atoms with van der Waals surface area (Å²) < 4.78 is 16.7. The van der Waals surface area contributed by atoms with Crippen LogP contribution >= 0.6 is 0 Å². The van der Waals surface area contributed by atoms with E-state index in [1.165, 1.54) is 128 Å². The molecule has 1 atom stereocenters. The Labute approximate surface area is 377 Å². The van der Waals surface area contributed by atoms with Crippen LogP contribution in [0.5, 0.6) is 0 Å². The van der Waals surface area contributed by atoms with Crippen molar-refractivity contribution in [2.45, 2.75) is 258 Å². The van der Waals surface area contributed by atoms with E-state index in [0.717, 1.165) is 77.0 Å². The number of carbonyl (C=O) groups excluding carboxylic acids is 3. The van der Waals surface area contributed by atoms with E-state index < -0.39 is 6.10 Å². The number of hydrogen-bond donors (Lipinski definition) is 0. The molecule has 0 aliphatic heterocycles. The molecule has 0 aliphatic carbocycles. The fourth-order valence-electron chi connectivity index (χ4n) is 7.02. The fraction of sp³-hybridized carbons (Fsp3) is 0.764. The van der Waals surface area contributed by atoms with Crippen LogP contribution in [0, 0.1) is 0 Å². The van der Waals surface area contributed by atoms with Crippen molar-refractivity contribution >= 4 is 17.9 Å². The van der Waals surface area contributed by atoms with E-state index >= 15 is 0 Å². The molecule has 0 aliphatic rings. The van der Waals surface area contributed by atoms with E-state index in [2.05, 4.69) is 81.5 Å². The Hall–Kier alpha value is -2.89. The highest BCUT2D eigenvalue weighted by atomic mass is 16.6. The Balaban J connectivity index is 4.46. The van der Waals surface area contributed by atoms with Gasteiger partial charge in [0.2, 0.25) is 0 Å². The largest absolute Gasteiger partial charge is 0.462 e. The number of hydrogen-bond acceptors (Lipinski definition) is 6. The van der Waals surface area contributed by atoms with Gasteiger partial charge in [0, 0.05) is 19.3 Å². The van der Waals surface area contributed by atoms with E-state index in [9.17, 15) is 14.4 Å². The van der Waals surface area contributed by atoms with Crippen molar-refractivity contribution in [3.8, 4) is 0 Å². The van der Waals surface area contributed by atoms with Crippen LogP contribution in [-0.2, 0) is 28.6 Å². The Morgan fingerprint density at radius 3 is 1.03 bits per heavy atom. The van der Waals surface area contributed by atoms with Crippen molar-refractivity contribution in [3.63, 3.8) is 0 Å². The maximum absolute atomic E-state index is 12.8. The molecule has 0 spiro atoms. The molecule has 0 fully saturated rings. The van der Waals surface area contributed by atoms with Crippen molar-refractivity contribution in [2.24, 2.45) is 0 Å². The van der Waals surface area contributed by atoms with Crippen LogP contribution in [0.3, 0.4) is 0 Å². The SMILES string of the molecule is CCCC/C=C\CCCCCCCC(=O)OC[C@@H](COC(=O)CCCCCCC/C=C\CCCCCCCC)OC(=O)CCC/C=C\C/C=C\C/C=C\CCCCCCCC. The highest BCUT2D eigenvalue weighted by molar-refractivity contribution is 5.71. The zero-order chi connectivity index (χ0) is 44.4. The third kappa shape index (κ3) is 48.0. The molecule has 0 aromatic rings. The minimum Gasteiger partial charge on any atom is -0.462 e. The molecule has 0 amide bonds. The summed E-state index contributed by atoms with van der Waals surface area (Å²) in [4.78, 5) is 37.9. The van der Waals surface area contributed by atoms with Crippen molar-refractivity contribution in [1.82, 2.24) is 0 Å². The first-order valence-corrected chi connectivity index (χ1v) is 25.8. The molecule has 0 saturated heterocycles. The van der Waals surface area contributed by atoms with Gasteiger partial charge in [-0.3, -0.25) is 14.4 Å². The number of allylic oxidation sites excluding steroid dienone is 10. The standard InChI is InChI=1S/C55H96O6/c1-4-7-10-13-16-19-22-24-26-27-29-31-34-37-40-43-46-49-55(58)61-52(50-59-53(56)47-44-41-38-35-32-21-18-15-12-9-6-3)51-60-54(57)48-45-42-39-36-33-30-28-25-23-20-17-14-11-8-5-2/h15,18,24-26,28-29,31,37,40,52H,4-14,16-17,19-23,27,30,32-36,38-39,41-51H2,1-3H3/b18-15-,26-24-,28-25-,31-29-,40-37-/t52-/m0/s1. The summed E-state index contributed by atoms with van der Waals surface area (Å²) in [6.07, 6.45) is 60.7. The maximum atomic E-state index is 12.8. The summed E-state index contributed by atoms with van der Waals surface area (Å²) in [7, 11) is 0. The van der Waals surface area contributed by atoms with E-state index in [1.807, 2.05) is 0 Å². The summed E-state index contributed by atoms with van der Waals surface area (Å²) in [6, 6.07) is 0. The second-order valence-electron chi connectivity index (χ2n) is 17.1. The number of esters is 3. The second-order valence-corrected chi connectivity index (χ2v) is 17.1. The summed E-state index contributed by atoms with van der Waals surface area (Å²) in [5, 5.41) is 0. The molecule has 0 heterocycles. The highest BCUT2D eigenvalue weighted by Crippen LogP contribution is 2.13. The lowest BCUT2D eigenvalue weighted by Gasteiger charge is -2.18. The first kappa shape index (κ1) is 58.1. The van der Waals surface area contributed by atoms with Gasteiger partial charge >= 0.3 is 17.9 Å². The van der Waals surface area contributed by atoms with Gasteiger partial charge in [0.1, 0.15) is 13.2 Å². The van der Waals surface area contributed by atoms with Gasteiger partial charge in [-0.1, -0.05) is 197 Å². The lowest BCUT2D eigenvalue weighted by atomic mass is 10.1. The molecule has 0 saturated carbocycles. The number of unbranched alkanes of at least 4 members (excludes halogenated alkanes) is 25. The Morgan fingerprint density at radius 2 is 0.623 bits per heavy atom. The van der Waals surface area contributed by atoms with E-state index in [1.54, 1.807) is 0 Å². The van der Waals surface area contributed by atoms with Crippen LogP contribution in [0.15, 0.2) is 60.8 Å². The van der Waals surface area contributed by atoms with Gasteiger partial charge in [-0.05, 0) is 96.3 Å². The summed E-state index contributed by atoms with van der Waals surface area (Å²) in [6.45, 7) is 6.53. The molecular formula is C55H96O6. The normalized spacial score (nSPS) is 12.5. The molecule has 0 aromatic heterocycles. The number of ether oxygens (including phenoxy) is 3. The zero-order valence-electron chi connectivity index (χ0n) is 40.2. The van der Waals surface area contributed by atoms with Crippen molar-refractivity contribution in [3.05, 3.63) is 60.8 Å². The minimum atomic E-state index is -0.805. The molecule has 0 rings (SSSR count). The lowest BCUT2D eigenvalue weighted by Crippen LogP contribution is -2.30. The van der Waals surface area contributed by atoms with E-state index in [4.69, 9.17) is 14.2 Å². The maximum Gasteiger partial charge on any atom is 0.306 e. The van der Waals surface area contributed by atoms with Gasteiger partial charge in [0.05, 0.1) is 0 Å². The van der Waals surface area contributed by atoms with Crippen LogP contribution in [0.2, 0.25) is 0 Å². The molecule has 6 heteroatoms. The molecule has 0 unspecified atom stereocenters. The molecule has 6 nitrogen and oxygen atoms in total. The third-order valence-corrected chi connectivity index (χ3v) is 11.0. The molecule has 0 N–H and O–H groups in total. The molecule has 0 radical (unpaired) electrons.